The molecule has 2 aliphatic heterocycles. The number of hydrogen-bond acceptors (Lipinski definition) is 8. The van der Waals surface area contributed by atoms with Gasteiger partial charge in [0, 0.05) is 13.1 Å². The van der Waals surface area contributed by atoms with Gasteiger partial charge in [-0.2, -0.15) is 0 Å². The number of morpholine rings is 1. The molecule has 0 saturated carbocycles. The van der Waals surface area contributed by atoms with E-state index in [0.29, 0.717) is 48.6 Å². The molecule has 2 N–H and O–H groups in total. The van der Waals surface area contributed by atoms with Gasteiger partial charge in [0.2, 0.25) is 5.91 Å². The fourth-order valence-electron chi connectivity index (χ4n) is 3.72. The number of halogens is 1. The van der Waals surface area contributed by atoms with Crippen molar-refractivity contribution in [1.29, 1.82) is 0 Å². The van der Waals surface area contributed by atoms with Crippen molar-refractivity contribution in [1.82, 2.24) is 4.90 Å². The number of para-hydroxylation sites is 2. The summed E-state index contributed by atoms with van der Waals surface area (Å²) >= 11 is 4.02. The number of nitrogens with zero attached hydrogens (tertiary/aromatic N) is 2. The van der Waals surface area contributed by atoms with E-state index in [1.165, 1.54) is 6.08 Å². The Morgan fingerprint density at radius 2 is 2.00 bits per heavy atom. The summed E-state index contributed by atoms with van der Waals surface area (Å²) in [6, 6.07) is 10.6. The minimum atomic E-state index is -0.557. The molecule has 184 valence electrons. The number of rotatable bonds is 7. The smallest absolute Gasteiger partial charge is 0.294 e. The van der Waals surface area contributed by atoms with Crippen LogP contribution in [-0.4, -0.2) is 66.5 Å². The van der Waals surface area contributed by atoms with E-state index in [-0.39, 0.29) is 16.4 Å². The number of amides is 3. The molecule has 0 spiro atoms. The number of anilines is 2. The maximum atomic E-state index is 12.9. The average Bonchev–Trinajstić information content (AvgIpc) is 3.10. The Hall–Kier alpha value is -3.02. The van der Waals surface area contributed by atoms with E-state index in [1.54, 1.807) is 25.1 Å². The van der Waals surface area contributed by atoms with E-state index in [1.807, 2.05) is 18.2 Å². The van der Waals surface area contributed by atoms with Gasteiger partial charge in [0.25, 0.3) is 11.1 Å². The molecule has 0 atom stereocenters. The van der Waals surface area contributed by atoms with Gasteiger partial charge in [-0.25, -0.2) is 0 Å². The highest BCUT2D eigenvalue weighted by Crippen LogP contribution is 2.38. The molecule has 3 amide bonds. The number of phenolic OH excluding ortho intramolecular Hbond substituents is 1. The second-order valence-electron chi connectivity index (χ2n) is 7.72. The Bertz CT molecular complexity index is 1180. The minimum Gasteiger partial charge on any atom is -0.503 e. The number of phenols is 1. The number of imide groups is 1. The fourth-order valence-corrected chi connectivity index (χ4v) is 5.02. The zero-order valence-electron chi connectivity index (χ0n) is 19.0. The summed E-state index contributed by atoms with van der Waals surface area (Å²) in [4.78, 5) is 41.4. The van der Waals surface area contributed by atoms with Gasteiger partial charge in [0.1, 0.15) is 6.54 Å². The first kappa shape index (κ1) is 25.1. The lowest BCUT2D eigenvalue weighted by molar-refractivity contribution is -0.127. The summed E-state index contributed by atoms with van der Waals surface area (Å²) in [6.07, 6.45) is 1.53. The molecule has 2 aliphatic rings. The molecule has 2 heterocycles. The number of carbonyl (C=O) groups is 3. The standard InChI is InChI=1S/C24H24BrN3O6S/c1-2-34-19-12-15(11-16(25)22(19)30)13-20-23(31)28(24(32)35-20)14-21(29)26-17-5-3-4-6-18(17)27-7-9-33-10-8-27/h3-6,11-13,30H,2,7-10,14H2,1H3,(H,26,29)/b20-13+. The Morgan fingerprint density at radius 1 is 1.26 bits per heavy atom. The van der Waals surface area contributed by atoms with Crippen LogP contribution in [0.25, 0.3) is 6.08 Å². The van der Waals surface area contributed by atoms with Crippen molar-refractivity contribution < 1.29 is 29.0 Å². The molecule has 4 rings (SSSR count). The van der Waals surface area contributed by atoms with Crippen LogP contribution in [0.15, 0.2) is 45.8 Å². The fraction of sp³-hybridized carbons (Fsp3) is 0.292. The van der Waals surface area contributed by atoms with Crippen molar-refractivity contribution >= 4 is 62.2 Å². The van der Waals surface area contributed by atoms with Crippen molar-refractivity contribution in [3.05, 3.63) is 51.3 Å². The van der Waals surface area contributed by atoms with E-state index < -0.39 is 23.6 Å². The summed E-state index contributed by atoms with van der Waals surface area (Å²) in [5.74, 6) is -0.823. The molecular weight excluding hydrogens is 538 g/mol. The van der Waals surface area contributed by atoms with Gasteiger partial charge in [0.05, 0.1) is 40.6 Å². The van der Waals surface area contributed by atoms with Crippen LogP contribution in [0.5, 0.6) is 11.5 Å². The lowest BCUT2D eigenvalue weighted by Gasteiger charge is -2.30. The highest BCUT2D eigenvalue weighted by Gasteiger charge is 2.36. The molecule has 0 aromatic heterocycles. The summed E-state index contributed by atoms with van der Waals surface area (Å²) in [5, 5.41) is 12.4. The molecule has 2 aromatic carbocycles. The maximum Gasteiger partial charge on any atom is 0.294 e. The molecule has 0 radical (unpaired) electrons. The predicted molar refractivity (Wildman–Crippen MR) is 138 cm³/mol. The van der Waals surface area contributed by atoms with E-state index in [9.17, 15) is 19.5 Å². The van der Waals surface area contributed by atoms with Gasteiger partial charge in [-0.3, -0.25) is 19.3 Å². The monoisotopic (exact) mass is 561 g/mol. The molecule has 9 nitrogen and oxygen atoms in total. The number of thioether (sulfide) groups is 1. The van der Waals surface area contributed by atoms with Crippen molar-refractivity contribution in [3.8, 4) is 11.5 Å². The first-order valence-electron chi connectivity index (χ1n) is 11.0. The maximum absolute atomic E-state index is 12.9. The SMILES string of the molecule is CCOc1cc(/C=C2/SC(=O)N(CC(=O)Nc3ccccc3N3CCOCC3)C2=O)cc(Br)c1O. The summed E-state index contributed by atoms with van der Waals surface area (Å²) < 4.78 is 11.2. The zero-order chi connectivity index (χ0) is 24.9. The Morgan fingerprint density at radius 3 is 2.74 bits per heavy atom. The quantitative estimate of drug-likeness (QED) is 0.487. The van der Waals surface area contributed by atoms with Crippen LogP contribution >= 0.6 is 27.7 Å². The summed E-state index contributed by atoms with van der Waals surface area (Å²) in [6.45, 7) is 4.37. The third-order valence-corrected chi connectivity index (χ3v) is 6.87. The van der Waals surface area contributed by atoms with Gasteiger partial charge >= 0.3 is 0 Å². The average molecular weight is 562 g/mol. The number of carbonyl (C=O) groups excluding carboxylic acids is 3. The second kappa shape index (κ2) is 11.1. The molecule has 2 fully saturated rings. The number of nitrogens with one attached hydrogen (secondary N) is 1. The molecule has 0 unspecified atom stereocenters. The van der Waals surface area contributed by atoms with Gasteiger partial charge in [-0.05, 0) is 70.5 Å². The van der Waals surface area contributed by atoms with Crippen LogP contribution in [0.2, 0.25) is 0 Å². The van der Waals surface area contributed by atoms with Gasteiger partial charge < -0.3 is 24.8 Å². The summed E-state index contributed by atoms with van der Waals surface area (Å²) in [5.41, 5.74) is 2.04. The predicted octanol–water partition coefficient (Wildman–Crippen LogP) is 4.07. The van der Waals surface area contributed by atoms with Crippen molar-refractivity contribution in [2.75, 3.05) is 49.7 Å². The number of hydrogen-bond donors (Lipinski definition) is 2. The third-order valence-electron chi connectivity index (χ3n) is 5.35. The molecule has 35 heavy (non-hydrogen) atoms. The first-order chi connectivity index (χ1) is 16.9. The van der Waals surface area contributed by atoms with Gasteiger partial charge in [-0.15, -0.1) is 0 Å². The van der Waals surface area contributed by atoms with Crippen molar-refractivity contribution in [2.24, 2.45) is 0 Å². The van der Waals surface area contributed by atoms with E-state index >= 15 is 0 Å². The first-order valence-corrected chi connectivity index (χ1v) is 12.6. The highest BCUT2D eigenvalue weighted by molar-refractivity contribution is 9.10. The van der Waals surface area contributed by atoms with Gasteiger partial charge in [0.15, 0.2) is 11.5 Å². The van der Waals surface area contributed by atoms with Crippen LogP contribution in [0.4, 0.5) is 16.2 Å². The van der Waals surface area contributed by atoms with E-state index in [2.05, 4.69) is 26.1 Å². The number of aromatic hydroxyl groups is 1. The summed E-state index contributed by atoms with van der Waals surface area (Å²) in [7, 11) is 0. The van der Waals surface area contributed by atoms with E-state index in [0.717, 1.165) is 22.3 Å². The topological polar surface area (TPSA) is 108 Å². The highest BCUT2D eigenvalue weighted by atomic mass is 79.9. The van der Waals surface area contributed by atoms with Gasteiger partial charge in [-0.1, -0.05) is 12.1 Å². The lowest BCUT2D eigenvalue weighted by Crippen LogP contribution is -2.38. The van der Waals surface area contributed by atoms with Crippen LogP contribution in [-0.2, 0) is 14.3 Å². The molecular formula is C24H24BrN3O6S. The van der Waals surface area contributed by atoms with Crippen LogP contribution in [0, 0.1) is 0 Å². The van der Waals surface area contributed by atoms with Crippen LogP contribution in [0.3, 0.4) is 0 Å². The molecule has 0 aliphatic carbocycles. The van der Waals surface area contributed by atoms with Crippen LogP contribution < -0.4 is 15.0 Å². The van der Waals surface area contributed by atoms with Crippen molar-refractivity contribution in [3.63, 3.8) is 0 Å². The van der Waals surface area contributed by atoms with E-state index in [4.69, 9.17) is 9.47 Å². The molecule has 11 heteroatoms. The van der Waals surface area contributed by atoms with Crippen molar-refractivity contribution in [2.45, 2.75) is 6.92 Å². The number of benzene rings is 2. The molecule has 2 aromatic rings. The lowest BCUT2D eigenvalue weighted by atomic mass is 10.2. The Kier molecular flexibility index (Phi) is 7.99. The zero-order valence-corrected chi connectivity index (χ0v) is 21.4. The second-order valence-corrected chi connectivity index (χ2v) is 9.56. The minimum absolute atomic E-state index is 0.0499. The Balaban J connectivity index is 1.47. The third kappa shape index (κ3) is 5.80. The number of ether oxygens (including phenoxy) is 2. The normalized spacial score (nSPS) is 17.3. The van der Waals surface area contributed by atoms with Crippen LogP contribution in [0.1, 0.15) is 12.5 Å². The Labute approximate surface area is 215 Å². The molecule has 0 bridgehead atoms. The largest absolute Gasteiger partial charge is 0.503 e. The molecule has 2 saturated heterocycles.